The van der Waals surface area contributed by atoms with E-state index in [1.54, 1.807) is 12.1 Å². The van der Waals surface area contributed by atoms with Gasteiger partial charge in [0, 0.05) is 15.6 Å². The molecule has 0 radical (unpaired) electrons. The van der Waals surface area contributed by atoms with Crippen LogP contribution in [0.1, 0.15) is 77.9 Å². The van der Waals surface area contributed by atoms with E-state index in [4.69, 9.17) is 4.52 Å². The van der Waals surface area contributed by atoms with Gasteiger partial charge >= 0.3 is 12.3 Å². The molecule has 36 heavy (non-hydrogen) atoms. The van der Waals surface area contributed by atoms with E-state index < -0.39 is 40.2 Å². The fourth-order valence-electron chi connectivity index (χ4n) is 6.15. The normalized spacial score (nSPS) is 25.6. The molecule has 1 aromatic carbocycles. The fourth-order valence-corrected chi connectivity index (χ4v) is 6.54. The summed E-state index contributed by atoms with van der Waals surface area (Å²) in [6.07, 6.45) is -3.60. The molecule has 1 unspecified atom stereocenters. The molecule has 1 atom stereocenters. The Morgan fingerprint density at radius 3 is 2.11 bits per heavy atom. The van der Waals surface area contributed by atoms with Crippen molar-refractivity contribution >= 4 is 27.7 Å². The van der Waals surface area contributed by atoms with Gasteiger partial charge in [-0.2, -0.15) is 18.2 Å². The highest BCUT2D eigenvalue weighted by Gasteiger charge is 2.65. The molecule has 0 saturated heterocycles. The first kappa shape index (κ1) is 26.9. The maximum absolute atomic E-state index is 14.5. The predicted octanol–water partition coefficient (Wildman–Crippen LogP) is 7.77. The minimum atomic E-state index is -4.65. The topological polar surface area (TPSA) is 79.5 Å². The minimum Gasteiger partial charge on any atom is -0.465 e. The lowest BCUT2D eigenvalue weighted by Gasteiger charge is -2.60. The summed E-state index contributed by atoms with van der Waals surface area (Å²) in [6, 6.07) is 4.99. The number of aromatic nitrogens is 2. The second-order valence-corrected chi connectivity index (χ2v) is 12.2. The van der Waals surface area contributed by atoms with Gasteiger partial charge in [0.05, 0.1) is 11.5 Å². The SMILES string of the molecule is CC(C)(F)c1nc(C23CCC(C(N(C(=O)O)c4cccc(Br)c4)C(C)(C)C(F)(F)F)(CC2)CC3)no1. The Morgan fingerprint density at radius 1 is 1.08 bits per heavy atom. The number of carbonyl (C=O) groups is 1. The maximum atomic E-state index is 14.5. The number of hydrogen-bond donors (Lipinski definition) is 1. The number of fused-ring (bicyclic) bond motifs is 3. The molecule has 198 valence electrons. The van der Waals surface area contributed by atoms with Crippen molar-refractivity contribution in [1.82, 2.24) is 10.1 Å². The van der Waals surface area contributed by atoms with Crippen molar-refractivity contribution in [3.63, 3.8) is 0 Å². The Labute approximate surface area is 215 Å². The van der Waals surface area contributed by atoms with Crippen LogP contribution in [-0.2, 0) is 11.1 Å². The highest BCUT2D eigenvalue weighted by molar-refractivity contribution is 9.10. The first-order chi connectivity index (χ1) is 16.5. The zero-order valence-electron chi connectivity index (χ0n) is 20.6. The summed E-state index contributed by atoms with van der Waals surface area (Å²) in [7, 11) is 0. The van der Waals surface area contributed by atoms with Crippen molar-refractivity contribution in [1.29, 1.82) is 0 Å². The van der Waals surface area contributed by atoms with Crippen LogP contribution in [0.3, 0.4) is 0 Å². The first-order valence-electron chi connectivity index (χ1n) is 11.9. The highest BCUT2D eigenvalue weighted by atomic mass is 79.9. The fraction of sp³-hybridized carbons (Fsp3) is 0.640. The van der Waals surface area contributed by atoms with Crippen LogP contribution < -0.4 is 4.90 Å². The van der Waals surface area contributed by atoms with E-state index in [2.05, 4.69) is 26.1 Å². The number of alkyl halides is 4. The molecule has 3 saturated carbocycles. The first-order valence-corrected chi connectivity index (χ1v) is 12.7. The molecule has 1 N–H and O–H groups in total. The van der Waals surface area contributed by atoms with Gasteiger partial charge in [0.2, 0.25) is 0 Å². The number of hydrogen-bond acceptors (Lipinski definition) is 4. The Morgan fingerprint density at radius 2 is 1.67 bits per heavy atom. The summed E-state index contributed by atoms with van der Waals surface area (Å²) in [6.45, 7) is 4.82. The number of amides is 1. The monoisotopic (exact) mass is 575 g/mol. The van der Waals surface area contributed by atoms with Crippen LogP contribution in [0.4, 0.5) is 28.0 Å². The molecule has 0 aliphatic heterocycles. The van der Waals surface area contributed by atoms with Crippen LogP contribution in [0.25, 0.3) is 0 Å². The Hall–Kier alpha value is -2.17. The molecule has 0 spiro atoms. The molecule has 1 aromatic heterocycles. The van der Waals surface area contributed by atoms with E-state index in [0.29, 0.717) is 48.8 Å². The Balaban J connectivity index is 1.75. The van der Waals surface area contributed by atoms with E-state index in [0.717, 1.165) is 18.7 Å². The van der Waals surface area contributed by atoms with Crippen LogP contribution in [0.15, 0.2) is 33.3 Å². The van der Waals surface area contributed by atoms with Gasteiger partial charge < -0.3 is 9.63 Å². The average Bonchev–Trinajstić information content (AvgIpc) is 3.29. The molecular formula is C25H30BrF4N3O3. The van der Waals surface area contributed by atoms with Gasteiger partial charge in [0.15, 0.2) is 11.5 Å². The number of rotatable bonds is 6. The summed E-state index contributed by atoms with van der Waals surface area (Å²) in [5, 5.41) is 14.3. The summed E-state index contributed by atoms with van der Waals surface area (Å²) < 4.78 is 63.7. The van der Waals surface area contributed by atoms with Gasteiger partial charge in [-0.25, -0.2) is 9.18 Å². The molecule has 3 aliphatic rings. The lowest BCUT2D eigenvalue weighted by Crippen LogP contribution is -2.65. The van der Waals surface area contributed by atoms with Crippen molar-refractivity contribution in [3.05, 3.63) is 40.5 Å². The number of halogens is 5. The zero-order chi connectivity index (χ0) is 26.7. The van der Waals surface area contributed by atoms with E-state index in [1.165, 1.54) is 26.0 Å². The quantitative estimate of drug-likeness (QED) is 0.356. The van der Waals surface area contributed by atoms with Gasteiger partial charge in [-0.1, -0.05) is 27.2 Å². The number of anilines is 1. The minimum absolute atomic E-state index is 0.128. The molecule has 1 heterocycles. The van der Waals surface area contributed by atoms with E-state index in [9.17, 15) is 27.5 Å². The van der Waals surface area contributed by atoms with Gasteiger partial charge in [0.1, 0.15) is 0 Å². The summed E-state index contributed by atoms with van der Waals surface area (Å²) in [4.78, 5) is 17.8. The molecule has 5 rings (SSSR count). The molecule has 1 amide bonds. The maximum Gasteiger partial charge on any atom is 0.412 e. The van der Waals surface area contributed by atoms with Crippen molar-refractivity contribution < 1.29 is 32.0 Å². The van der Waals surface area contributed by atoms with Gasteiger partial charge in [-0.15, -0.1) is 0 Å². The lowest BCUT2D eigenvalue weighted by molar-refractivity contribution is -0.233. The van der Waals surface area contributed by atoms with E-state index in [1.807, 2.05) is 0 Å². The van der Waals surface area contributed by atoms with Crippen LogP contribution >= 0.6 is 15.9 Å². The molecule has 3 fully saturated rings. The third kappa shape index (κ3) is 4.41. The predicted molar refractivity (Wildman–Crippen MR) is 129 cm³/mol. The second-order valence-electron chi connectivity index (χ2n) is 11.3. The number of nitrogens with zero attached hydrogens (tertiary/aromatic N) is 3. The van der Waals surface area contributed by atoms with Gasteiger partial charge in [0.25, 0.3) is 5.89 Å². The largest absolute Gasteiger partial charge is 0.465 e. The van der Waals surface area contributed by atoms with Crippen LogP contribution in [-0.4, -0.2) is 33.6 Å². The standard InChI is InChI=1S/C25H30BrF4N3O3/c1-21(2,25(28,29)30)17(33(20(34)35)16-7-5-6-15(26)14-16)23-8-11-24(12-9-23,13-10-23)18-31-19(36-32-18)22(3,4)27/h5-7,14,17H,8-13H2,1-4H3,(H,34,35). The van der Waals surface area contributed by atoms with E-state index >= 15 is 0 Å². The van der Waals surface area contributed by atoms with Crippen molar-refractivity contribution in [2.75, 3.05) is 4.90 Å². The van der Waals surface area contributed by atoms with Crippen molar-refractivity contribution in [2.45, 2.75) is 89.5 Å². The Bertz CT molecular complexity index is 1120. The average molecular weight is 576 g/mol. The number of carboxylic acid groups (broad SMARTS) is 1. The smallest absolute Gasteiger partial charge is 0.412 e. The summed E-state index contributed by atoms with van der Waals surface area (Å²) >= 11 is 3.31. The van der Waals surface area contributed by atoms with Crippen molar-refractivity contribution in [3.8, 4) is 0 Å². The van der Waals surface area contributed by atoms with Gasteiger partial charge in [-0.05, 0) is 89.8 Å². The van der Waals surface area contributed by atoms with Crippen LogP contribution in [0, 0.1) is 10.8 Å². The molecular weight excluding hydrogens is 546 g/mol. The molecule has 3 aliphatic carbocycles. The van der Waals surface area contributed by atoms with Crippen LogP contribution in [0.5, 0.6) is 0 Å². The zero-order valence-corrected chi connectivity index (χ0v) is 22.2. The highest BCUT2D eigenvalue weighted by Crippen LogP contribution is 2.63. The number of benzene rings is 1. The third-order valence-corrected chi connectivity index (χ3v) is 8.75. The second kappa shape index (κ2) is 8.70. The van der Waals surface area contributed by atoms with Crippen molar-refractivity contribution in [2.24, 2.45) is 10.8 Å². The summed E-state index contributed by atoms with van der Waals surface area (Å²) in [5.74, 6) is 0.252. The Kier molecular flexibility index (Phi) is 6.50. The summed E-state index contributed by atoms with van der Waals surface area (Å²) in [5.41, 5.74) is -5.38. The lowest BCUT2D eigenvalue weighted by atomic mass is 9.48. The van der Waals surface area contributed by atoms with Gasteiger partial charge in [-0.3, -0.25) is 4.90 Å². The molecule has 2 bridgehead atoms. The molecule has 6 nitrogen and oxygen atoms in total. The van der Waals surface area contributed by atoms with E-state index in [-0.39, 0.29) is 11.6 Å². The molecule has 2 aromatic rings. The third-order valence-electron chi connectivity index (χ3n) is 8.26. The molecule has 11 heteroatoms. The van der Waals surface area contributed by atoms with Crippen LogP contribution in [0.2, 0.25) is 0 Å².